The van der Waals surface area contributed by atoms with E-state index in [-0.39, 0.29) is 29.4 Å². The minimum absolute atomic E-state index is 0. The van der Waals surface area contributed by atoms with Gasteiger partial charge in [-0.1, -0.05) is 18.0 Å². The average Bonchev–Trinajstić information content (AvgIpc) is 3.16. The molecule has 3 rings (SSSR count). The van der Waals surface area contributed by atoms with Crippen LogP contribution in [0.25, 0.3) is 11.5 Å². The molecule has 1 saturated carbocycles. The fourth-order valence-corrected chi connectivity index (χ4v) is 3.57. The van der Waals surface area contributed by atoms with Crippen molar-refractivity contribution in [1.82, 2.24) is 10.1 Å². The first-order valence-electron chi connectivity index (χ1n) is 7.57. The van der Waals surface area contributed by atoms with Gasteiger partial charge in [0.15, 0.2) is 5.82 Å². The molecule has 0 saturated heterocycles. The van der Waals surface area contributed by atoms with Crippen molar-refractivity contribution in [3.8, 4) is 11.5 Å². The van der Waals surface area contributed by atoms with Crippen molar-refractivity contribution >= 4 is 28.1 Å². The van der Waals surface area contributed by atoms with E-state index in [1.807, 2.05) is 0 Å². The molecule has 142 valence electrons. The van der Waals surface area contributed by atoms with Crippen LogP contribution >= 0.6 is 12.4 Å². The average molecular weight is 404 g/mol. The summed E-state index contributed by atoms with van der Waals surface area (Å²) >= 11 is 0. The highest BCUT2D eigenvalue weighted by Crippen LogP contribution is 2.37. The number of halogens is 1. The van der Waals surface area contributed by atoms with Crippen LogP contribution in [0.4, 0.5) is 5.69 Å². The Hall–Kier alpha value is -2.08. The Morgan fingerprint density at radius 3 is 2.46 bits per heavy atom. The van der Waals surface area contributed by atoms with Crippen LogP contribution in [0, 0.1) is 17.0 Å². The standard InChI is InChI=1S/C14H17N5O5S.ClH/c1-8-10(6-9(25(16,22)23)7-11(8)19(20)21)12-17-13(18-24-12)14(15)4-2-3-5-14;/h6-7H,2-5,15H2,1H3,(H2,16,22,23);1H. The number of aromatic nitrogens is 2. The van der Waals surface area contributed by atoms with Crippen LogP contribution in [0.15, 0.2) is 21.6 Å². The molecule has 0 aliphatic heterocycles. The summed E-state index contributed by atoms with van der Waals surface area (Å²) in [5.74, 6) is 0.279. The second-order valence-corrected chi connectivity index (χ2v) is 7.76. The van der Waals surface area contributed by atoms with Gasteiger partial charge in [0.25, 0.3) is 11.6 Å². The molecule has 1 aromatic heterocycles. The third-order valence-electron chi connectivity index (χ3n) is 4.48. The Morgan fingerprint density at radius 2 is 1.92 bits per heavy atom. The summed E-state index contributed by atoms with van der Waals surface area (Å²) < 4.78 is 28.5. The third-order valence-corrected chi connectivity index (χ3v) is 5.37. The molecule has 1 aliphatic rings. The molecule has 4 N–H and O–H groups in total. The molecule has 1 aliphatic carbocycles. The molecular weight excluding hydrogens is 386 g/mol. The molecule has 0 bridgehead atoms. The highest BCUT2D eigenvalue weighted by atomic mass is 35.5. The summed E-state index contributed by atoms with van der Waals surface area (Å²) in [5.41, 5.74) is 5.52. The maximum atomic E-state index is 11.6. The van der Waals surface area contributed by atoms with E-state index in [9.17, 15) is 18.5 Å². The number of sulfonamides is 1. The number of nitrogens with two attached hydrogens (primary N) is 2. The van der Waals surface area contributed by atoms with Gasteiger partial charge >= 0.3 is 0 Å². The Morgan fingerprint density at radius 1 is 1.31 bits per heavy atom. The lowest BCUT2D eigenvalue weighted by molar-refractivity contribution is -0.385. The van der Waals surface area contributed by atoms with Gasteiger partial charge in [-0.25, -0.2) is 13.6 Å². The van der Waals surface area contributed by atoms with Crippen LogP contribution in [0.1, 0.15) is 37.1 Å². The summed E-state index contributed by atoms with van der Waals surface area (Å²) in [6.07, 6.45) is 3.32. The van der Waals surface area contributed by atoms with E-state index >= 15 is 0 Å². The van der Waals surface area contributed by atoms with Crippen molar-refractivity contribution in [2.24, 2.45) is 10.9 Å². The normalized spacial score (nSPS) is 16.3. The van der Waals surface area contributed by atoms with Gasteiger partial charge in [0.1, 0.15) is 0 Å². The zero-order valence-electron chi connectivity index (χ0n) is 13.8. The van der Waals surface area contributed by atoms with Gasteiger partial charge in [-0.05, 0) is 25.8 Å². The van der Waals surface area contributed by atoms with E-state index in [1.54, 1.807) is 0 Å². The fourth-order valence-electron chi connectivity index (χ4n) is 3.01. The minimum atomic E-state index is -4.15. The van der Waals surface area contributed by atoms with E-state index in [0.717, 1.165) is 18.9 Å². The van der Waals surface area contributed by atoms with Gasteiger partial charge in [-0.2, -0.15) is 4.98 Å². The molecule has 0 atom stereocenters. The molecule has 26 heavy (non-hydrogen) atoms. The molecule has 10 nitrogen and oxygen atoms in total. The lowest BCUT2D eigenvalue weighted by Crippen LogP contribution is -2.34. The number of nitro groups is 1. The van der Waals surface area contributed by atoms with E-state index in [2.05, 4.69) is 10.1 Å². The van der Waals surface area contributed by atoms with Gasteiger partial charge in [0, 0.05) is 11.6 Å². The van der Waals surface area contributed by atoms with Gasteiger partial charge in [-0.3, -0.25) is 10.1 Å². The van der Waals surface area contributed by atoms with E-state index in [4.69, 9.17) is 15.4 Å². The van der Waals surface area contributed by atoms with Crippen LogP contribution in [-0.4, -0.2) is 23.5 Å². The molecular formula is C14H18ClN5O5S. The maximum absolute atomic E-state index is 11.6. The third kappa shape index (κ3) is 3.56. The molecule has 1 heterocycles. The van der Waals surface area contributed by atoms with Crippen LogP contribution in [0.2, 0.25) is 0 Å². The Balaban J connectivity index is 0.00000243. The zero-order chi connectivity index (χ0) is 18.4. The molecule has 0 spiro atoms. The second-order valence-electron chi connectivity index (χ2n) is 6.20. The predicted molar refractivity (Wildman–Crippen MR) is 94.1 cm³/mol. The lowest BCUT2D eigenvalue weighted by atomic mass is 9.98. The second kappa shape index (κ2) is 6.91. The van der Waals surface area contributed by atoms with Crippen LogP contribution in [-0.2, 0) is 15.6 Å². The van der Waals surface area contributed by atoms with Gasteiger partial charge in [-0.15, -0.1) is 12.4 Å². The van der Waals surface area contributed by atoms with Gasteiger partial charge in [0.2, 0.25) is 10.0 Å². The number of nitrogens with zero attached hydrogens (tertiary/aromatic N) is 3. The quantitative estimate of drug-likeness (QED) is 0.574. The zero-order valence-corrected chi connectivity index (χ0v) is 15.5. The first-order chi connectivity index (χ1) is 11.6. The molecule has 0 amide bonds. The lowest BCUT2D eigenvalue weighted by Gasteiger charge is -2.17. The highest BCUT2D eigenvalue weighted by Gasteiger charge is 2.36. The minimum Gasteiger partial charge on any atom is -0.334 e. The summed E-state index contributed by atoms with van der Waals surface area (Å²) in [7, 11) is -4.15. The number of hydrogen-bond donors (Lipinski definition) is 2. The topological polar surface area (TPSA) is 168 Å². The SMILES string of the molecule is Cc1c(-c2nc(C3(N)CCCC3)no2)cc(S(N)(=O)=O)cc1[N+](=O)[O-].Cl. The highest BCUT2D eigenvalue weighted by molar-refractivity contribution is 7.89. The van der Waals surface area contributed by atoms with Crippen molar-refractivity contribution < 1.29 is 17.9 Å². The van der Waals surface area contributed by atoms with Crippen molar-refractivity contribution in [1.29, 1.82) is 0 Å². The largest absolute Gasteiger partial charge is 0.334 e. The first-order valence-corrected chi connectivity index (χ1v) is 9.12. The molecule has 0 radical (unpaired) electrons. The predicted octanol–water partition coefficient (Wildman–Crippen LogP) is 1.75. The fraction of sp³-hybridized carbons (Fsp3) is 0.429. The molecule has 1 aromatic carbocycles. The van der Waals surface area contributed by atoms with Crippen molar-refractivity contribution in [3.63, 3.8) is 0 Å². The monoisotopic (exact) mass is 403 g/mol. The number of primary sulfonamides is 1. The maximum Gasteiger partial charge on any atom is 0.274 e. The van der Waals surface area contributed by atoms with E-state index in [1.165, 1.54) is 13.0 Å². The van der Waals surface area contributed by atoms with Crippen molar-refractivity contribution in [2.45, 2.75) is 43.0 Å². The smallest absolute Gasteiger partial charge is 0.274 e. The number of rotatable bonds is 4. The van der Waals surface area contributed by atoms with E-state index < -0.39 is 31.1 Å². The van der Waals surface area contributed by atoms with Crippen LogP contribution < -0.4 is 10.9 Å². The van der Waals surface area contributed by atoms with Crippen LogP contribution in [0.3, 0.4) is 0 Å². The molecule has 2 aromatic rings. The van der Waals surface area contributed by atoms with Crippen LogP contribution in [0.5, 0.6) is 0 Å². The summed E-state index contributed by atoms with van der Waals surface area (Å²) in [6.45, 7) is 1.47. The summed E-state index contributed by atoms with van der Waals surface area (Å²) in [5, 5.41) is 20.2. The Bertz CT molecular complexity index is 953. The number of hydrogen-bond acceptors (Lipinski definition) is 8. The van der Waals surface area contributed by atoms with E-state index in [0.29, 0.717) is 18.7 Å². The summed E-state index contributed by atoms with van der Waals surface area (Å²) in [4.78, 5) is 14.4. The van der Waals surface area contributed by atoms with Gasteiger partial charge < -0.3 is 10.3 Å². The Labute approximate surface area is 155 Å². The molecule has 0 unspecified atom stereocenters. The number of benzene rings is 1. The summed E-state index contributed by atoms with van der Waals surface area (Å²) in [6, 6.07) is 2.10. The molecule has 1 fully saturated rings. The Kier molecular flexibility index (Phi) is 5.38. The van der Waals surface area contributed by atoms with Gasteiger partial charge in [0.05, 0.1) is 20.9 Å². The van der Waals surface area contributed by atoms with Crippen molar-refractivity contribution in [3.05, 3.63) is 33.6 Å². The van der Waals surface area contributed by atoms with Crippen molar-refractivity contribution in [2.75, 3.05) is 0 Å². The first kappa shape index (κ1) is 20.2. The molecule has 12 heteroatoms. The number of nitro benzene ring substituents is 1.